The van der Waals surface area contributed by atoms with Crippen LogP contribution in [0.1, 0.15) is 33.8 Å². The molecule has 8 heteroatoms. The zero-order valence-corrected chi connectivity index (χ0v) is 15.3. The first-order chi connectivity index (χ1) is 10.7. The van der Waals surface area contributed by atoms with E-state index in [1.54, 1.807) is 25.1 Å². The SMILES string of the molecule is Cc1ccc(C(=O)NC(C)c2ccc(Cl)s2)cc1NS(C)(=O)=O. The van der Waals surface area contributed by atoms with Gasteiger partial charge in [-0.25, -0.2) is 8.42 Å². The molecule has 1 unspecified atom stereocenters. The van der Waals surface area contributed by atoms with Crippen LogP contribution in [0.3, 0.4) is 0 Å². The molecule has 0 aliphatic heterocycles. The quantitative estimate of drug-likeness (QED) is 0.842. The predicted molar refractivity (Wildman–Crippen MR) is 94.9 cm³/mol. The average Bonchev–Trinajstić information content (AvgIpc) is 2.86. The van der Waals surface area contributed by atoms with E-state index in [1.807, 2.05) is 13.0 Å². The molecule has 0 bridgehead atoms. The number of sulfonamides is 1. The van der Waals surface area contributed by atoms with Crippen LogP contribution >= 0.6 is 22.9 Å². The number of nitrogens with one attached hydrogen (secondary N) is 2. The van der Waals surface area contributed by atoms with Gasteiger partial charge >= 0.3 is 0 Å². The van der Waals surface area contributed by atoms with E-state index in [9.17, 15) is 13.2 Å². The van der Waals surface area contributed by atoms with Gasteiger partial charge in [-0.05, 0) is 43.7 Å². The van der Waals surface area contributed by atoms with E-state index in [0.717, 1.165) is 16.7 Å². The number of carbonyl (C=O) groups is 1. The van der Waals surface area contributed by atoms with Crippen molar-refractivity contribution in [3.05, 3.63) is 50.7 Å². The Morgan fingerprint density at radius 1 is 1.26 bits per heavy atom. The number of halogens is 1. The first kappa shape index (κ1) is 17.8. The molecular weight excluding hydrogens is 356 g/mol. The van der Waals surface area contributed by atoms with Crippen LogP contribution in [0.2, 0.25) is 4.34 Å². The lowest BCUT2D eigenvalue weighted by atomic mass is 10.1. The number of hydrogen-bond donors (Lipinski definition) is 2. The first-order valence-corrected chi connectivity index (χ1v) is 9.89. The Labute approximate surface area is 144 Å². The van der Waals surface area contributed by atoms with Crippen LogP contribution in [0.25, 0.3) is 0 Å². The number of carbonyl (C=O) groups excluding carboxylic acids is 1. The van der Waals surface area contributed by atoms with Crippen LogP contribution in [-0.2, 0) is 10.0 Å². The van der Waals surface area contributed by atoms with E-state index in [-0.39, 0.29) is 11.9 Å². The summed E-state index contributed by atoms with van der Waals surface area (Å²) in [7, 11) is -3.40. The Kier molecular flexibility index (Phi) is 5.33. The second-order valence-corrected chi connectivity index (χ2v) is 8.74. The minimum atomic E-state index is -3.40. The maximum absolute atomic E-state index is 12.3. The number of amides is 1. The molecule has 1 aromatic carbocycles. The Hall–Kier alpha value is -1.57. The molecule has 2 N–H and O–H groups in total. The molecule has 0 saturated carbocycles. The van der Waals surface area contributed by atoms with Crippen LogP contribution < -0.4 is 10.0 Å². The maximum Gasteiger partial charge on any atom is 0.251 e. The van der Waals surface area contributed by atoms with Gasteiger partial charge in [-0.15, -0.1) is 11.3 Å². The van der Waals surface area contributed by atoms with Gasteiger partial charge in [-0.1, -0.05) is 17.7 Å². The molecule has 124 valence electrons. The summed E-state index contributed by atoms with van der Waals surface area (Å²) in [5.41, 5.74) is 1.52. The summed E-state index contributed by atoms with van der Waals surface area (Å²) in [6, 6.07) is 8.35. The lowest BCUT2D eigenvalue weighted by Gasteiger charge is -2.14. The van der Waals surface area contributed by atoms with Crippen LogP contribution in [0.15, 0.2) is 30.3 Å². The molecule has 0 saturated heterocycles. The highest BCUT2D eigenvalue weighted by Gasteiger charge is 2.15. The third-order valence-corrected chi connectivity index (χ3v) is 5.17. The van der Waals surface area contributed by atoms with Gasteiger partial charge in [-0.3, -0.25) is 9.52 Å². The van der Waals surface area contributed by atoms with Crippen molar-refractivity contribution in [3.8, 4) is 0 Å². The molecular formula is C15H17ClN2O3S2. The molecule has 0 aliphatic rings. The standard InChI is InChI=1S/C15H17ClN2O3S2/c1-9-4-5-11(8-12(9)18-23(3,20)21)15(19)17-10(2)13-6-7-14(16)22-13/h4-8,10,18H,1-3H3,(H,17,19). The molecule has 0 fully saturated rings. The van der Waals surface area contributed by atoms with E-state index >= 15 is 0 Å². The Balaban J connectivity index is 2.17. The molecule has 1 heterocycles. The lowest BCUT2D eigenvalue weighted by Crippen LogP contribution is -2.26. The van der Waals surface area contributed by atoms with Crippen LogP contribution in [0.4, 0.5) is 5.69 Å². The molecule has 23 heavy (non-hydrogen) atoms. The number of aryl methyl sites for hydroxylation is 1. The largest absolute Gasteiger partial charge is 0.345 e. The highest BCUT2D eigenvalue weighted by molar-refractivity contribution is 7.92. The summed E-state index contributed by atoms with van der Waals surface area (Å²) in [5, 5.41) is 2.87. The van der Waals surface area contributed by atoms with Crippen molar-refractivity contribution in [2.24, 2.45) is 0 Å². The van der Waals surface area contributed by atoms with Gasteiger partial charge in [0.05, 0.1) is 22.3 Å². The number of benzene rings is 1. The number of hydrogen-bond acceptors (Lipinski definition) is 4. The van der Waals surface area contributed by atoms with Crippen molar-refractivity contribution in [1.29, 1.82) is 0 Å². The third kappa shape index (κ3) is 4.95. The molecule has 5 nitrogen and oxygen atoms in total. The topological polar surface area (TPSA) is 75.3 Å². The van der Waals surface area contributed by atoms with Crippen molar-refractivity contribution in [3.63, 3.8) is 0 Å². The molecule has 2 rings (SSSR count). The molecule has 1 atom stereocenters. The van der Waals surface area contributed by atoms with Crippen LogP contribution in [0.5, 0.6) is 0 Å². The molecule has 1 amide bonds. The van der Waals surface area contributed by atoms with Gasteiger partial charge < -0.3 is 5.32 Å². The minimum absolute atomic E-state index is 0.187. The summed E-state index contributed by atoms with van der Waals surface area (Å²) in [6.07, 6.45) is 1.07. The predicted octanol–water partition coefficient (Wildman–Crippen LogP) is 3.57. The fraction of sp³-hybridized carbons (Fsp3) is 0.267. The van der Waals surface area contributed by atoms with Gasteiger partial charge in [0, 0.05) is 10.4 Å². The first-order valence-electron chi connectivity index (χ1n) is 6.80. The van der Waals surface area contributed by atoms with Crippen molar-refractivity contribution in [2.45, 2.75) is 19.9 Å². The number of rotatable bonds is 5. The van der Waals surface area contributed by atoms with Gasteiger partial charge in [0.15, 0.2) is 0 Å². The Bertz CT molecular complexity index is 831. The monoisotopic (exact) mass is 372 g/mol. The Morgan fingerprint density at radius 2 is 1.96 bits per heavy atom. The molecule has 1 aromatic heterocycles. The summed E-state index contributed by atoms with van der Waals surface area (Å²) in [6.45, 7) is 3.63. The molecule has 0 spiro atoms. The van der Waals surface area contributed by atoms with Crippen molar-refractivity contribution >= 4 is 44.6 Å². The van der Waals surface area contributed by atoms with Crippen molar-refractivity contribution < 1.29 is 13.2 Å². The highest BCUT2D eigenvalue weighted by atomic mass is 35.5. The Morgan fingerprint density at radius 3 is 2.52 bits per heavy atom. The molecule has 0 aliphatic carbocycles. The van der Waals surface area contributed by atoms with Crippen LogP contribution in [0, 0.1) is 6.92 Å². The van der Waals surface area contributed by atoms with Gasteiger partial charge in [0.25, 0.3) is 5.91 Å². The smallest absolute Gasteiger partial charge is 0.251 e. The average molecular weight is 373 g/mol. The van der Waals surface area contributed by atoms with E-state index in [1.165, 1.54) is 17.4 Å². The number of thiophene rings is 1. The summed E-state index contributed by atoms with van der Waals surface area (Å²) >= 11 is 7.30. The van der Waals surface area contributed by atoms with Crippen LogP contribution in [-0.4, -0.2) is 20.6 Å². The second-order valence-electron chi connectivity index (χ2n) is 5.24. The van der Waals surface area contributed by atoms with Gasteiger partial charge in [0.2, 0.25) is 10.0 Å². The fourth-order valence-electron chi connectivity index (χ4n) is 1.99. The summed E-state index contributed by atoms with van der Waals surface area (Å²) in [4.78, 5) is 13.3. The molecule has 0 radical (unpaired) electrons. The third-order valence-electron chi connectivity index (χ3n) is 3.16. The maximum atomic E-state index is 12.3. The van der Waals surface area contributed by atoms with E-state index < -0.39 is 10.0 Å². The zero-order chi connectivity index (χ0) is 17.2. The highest BCUT2D eigenvalue weighted by Crippen LogP contribution is 2.27. The van der Waals surface area contributed by atoms with E-state index in [2.05, 4.69) is 10.0 Å². The lowest BCUT2D eigenvalue weighted by molar-refractivity contribution is 0.0940. The summed E-state index contributed by atoms with van der Waals surface area (Å²) in [5.74, 6) is -0.279. The minimum Gasteiger partial charge on any atom is -0.345 e. The van der Waals surface area contributed by atoms with Gasteiger partial charge in [-0.2, -0.15) is 0 Å². The van der Waals surface area contributed by atoms with E-state index in [0.29, 0.717) is 15.6 Å². The summed E-state index contributed by atoms with van der Waals surface area (Å²) < 4.78 is 25.8. The molecule has 2 aromatic rings. The van der Waals surface area contributed by atoms with Crippen molar-refractivity contribution in [2.75, 3.05) is 11.0 Å². The fourth-order valence-corrected chi connectivity index (χ4v) is 3.67. The second kappa shape index (κ2) is 6.90. The normalized spacial score (nSPS) is 12.7. The number of anilines is 1. The van der Waals surface area contributed by atoms with E-state index in [4.69, 9.17) is 11.6 Å². The van der Waals surface area contributed by atoms with Crippen molar-refractivity contribution in [1.82, 2.24) is 5.32 Å². The zero-order valence-electron chi connectivity index (χ0n) is 12.9. The van der Waals surface area contributed by atoms with Gasteiger partial charge in [0.1, 0.15) is 0 Å².